The van der Waals surface area contributed by atoms with E-state index in [4.69, 9.17) is 16.7 Å². The van der Waals surface area contributed by atoms with E-state index in [2.05, 4.69) is 24.5 Å². The van der Waals surface area contributed by atoms with Crippen molar-refractivity contribution in [3.63, 3.8) is 0 Å². The van der Waals surface area contributed by atoms with Crippen molar-refractivity contribution in [1.82, 2.24) is 4.90 Å². The van der Waals surface area contributed by atoms with E-state index in [1.165, 1.54) is 19.3 Å². The third-order valence-corrected chi connectivity index (χ3v) is 5.37. The number of rotatable bonds is 13. The van der Waals surface area contributed by atoms with Crippen LogP contribution in [0.15, 0.2) is 35.7 Å². The minimum absolute atomic E-state index is 0.0535. The Morgan fingerprint density at radius 2 is 2.11 bits per heavy atom. The molecule has 0 saturated heterocycles. The lowest BCUT2D eigenvalue weighted by molar-refractivity contribution is -0.138. The Labute approximate surface area is 169 Å². The highest BCUT2D eigenvalue weighted by Gasteiger charge is 2.22. The third-order valence-electron chi connectivity index (χ3n) is 5.06. The average molecular weight is 398 g/mol. The normalized spacial score (nSPS) is 19.1. The summed E-state index contributed by atoms with van der Waals surface area (Å²) in [6, 6.07) is 0. The minimum Gasteiger partial charge on any atom is -0.481 e. The summed E-state index contributed by atoms with van der Waals surface area (Å²) >= 11 is 6.34. The number of hydrogen-bond donors (Lipinski definition) is 2. The van der Waals surface area contributed by atoms with E-state index in [0.717, 1.165) is 36.2 Å². The molecule has 5 heteroatoms. The second kappa shape index (κ2) is 12.2. The topological polar surface area (TPSA) is 60.8 Å². The Morgan fingerprint density at radius 3 is 2.74 bits per heavy atom. The molecule has 0 radical (unpaired) electrons. The molecule has 1 aliphatic rings. The predicted octanol–water partition coefficient (Wildman–Crippen LogP) is 5.48. The van der Waals surface area contributed by atoms with Gasteiger partial charge in [-0.2, -0.15) is 0 Å². The summed E-state index contributed by atoms with van der Waals surface area (Å²) in [5.74, 6) is -0.877. The molecule has 0 aromatic heterocycles. The van der Waals surface area contributed by atoms with Gasteiger partial charge in [0.05, 0.1) is 11.5 Å². The first-order chi connectivity index (χ1) is 12.7. The van der Waals surface area contributed by atoms with E-state index in [-0.39, 0.29) is 17.7 Å². The molecule has 3 atom stereocenters. The minimum atomic E-state index is -0.823. The first-order valence-electron chi connectivity index (χ1n) is 10.1. The first-order valence-corrected chi connectivity index (χ1v) is 10.5. The van der Waals surface area contributed by atoms with Crippen LogP contribution < -0.4 is 0 Å². The molecule has 154 valence electrons. The van der Waals surface area contributed by atoms with Crippen molar-refractivity contribution in [3.8, 4) is 0 Å². The van der Waals surface area contributed by atoms with Crippen molar-refractivity contribution in [1.29, 1.82) is 0 Å². The molecule has 0 amide bonds. The van der Waals surface area contributed by atoms with Crippen LogP contribution in [0.25, 0.3) is 0 Å². The van der Waals surface area contributed by atoms with E-state index in [1.807, 2.05) is 20.0 Å². The molecule has 0 aliphatic heterocycles. The molecule has 0 aromatic rings. The fourth-order valence-corrected chi connectivity index (χ4v) is 3.71. The van der Waals surface area contributed by atoms with Crippen LogP contribution in [-0.2, 0) is 4.79 Å². The van der Waals surface area contributed by atoms with Gasteiger partial charge < -0.3 is 15.1 Å². The Balaban J connectivity index is 2.68. The maximum absolute atomic E-state index is 10.8. The highest BCUT2D eigenvalue weighted by atomic mass is 35.5. The Hall–Kier alpha value is -1.26. The number of aliphatic carboxylic acids is 1. The van der Waals surface area contributed by atoms with E-state index < -0.39 is 12.1 Å². The summed E-state index contributed by atoms with van der Waals surface area (Å²) in [6.45, 7) is 8.30. The van der Waals surface area contributed by atoms with Crippen LogP contribution in [0.4, 0.5) is 0 Å². The molecule has 1 aliphatic carbocycles. The number of aliphatic hydroxyl groups excluding tert-OH is 1. The van der Waals surface area contributed by atoms with Gasteiger partial charge in [-0.15, -0.1) is 11.6 Å². The summed E-state index contributed by atoms with van der Waals surface area (Å²) in [4.78, 5) is 12.9. The number of aliphatic hydroxyl groups is 1. The number of likely N-dealkylation sites (N-methyl/N-ethyl adjacent to an activating group) is 1. The number of carbonyl (C=O) groups is 1. The van der Waals surface area contributed by atoms with Crippen molar-refractivity contribution < 1.29 is 15.0 Å². The van der Waals surface area contributed by atoms with E-state index in [1.54, 1.807) is 0 Å². The molecule has 2 N–H and O–H groups in total. The predicted molar refractivity (Wildman–Crippen MR) is 113 cm³/mol. The zero-order valence-electron chi connectivity index (χ0n) is 17.1. The molecule has 0 spiro atoms. The summed E-state index contributed by atoms with van der Waals surface area (Å²) in [5.41, 5.74) is 3.15. The number of carboxylic acid groups (broad SMARTS) is 1. The molecule has 27 heavy (non-hydrogen) atoms. The average Bonchev–Trinajstić information content (AvgIpc) is 2.58. The molecular formula is C22H36ClNO3. The molecule has 0 saturated carbocycles. The van der Waals surface area contributed by atoms with Gasteiger partial charge in [0.1, 0.15) is 0 Å². The molecule has 0 fully saturated rings. The number of allylic oxidation sites excluding steroid dienone is 4. The van der Waals surface area contributed by atoms with Gasteiger partial charge in [0, 0.05) is 31.3 Å². The molecule has 0 heterocycles. The second-order valence-corrected chi connectivity index (χ2v) is 8.33. The molecule has 3 unspecified atom stereocenters. The standard InChI is InChI=1S/C22H36ClNO3/c1-5-6-7-8-9-17(3)24(4)21-15-19(23)11-10-18(21)14-20(25)12-16(2)13-22(26)27/h10,15-16,19-20,25H,3,5-9,11-14H2,1-2,4H3,(H,26,27). The molecule has 1 rings (SSSR count). The van der Waals surface area contributed by atoms with Gasteiger partial charge in [-0.05, 0) is 43.3 Å². The van der Waals surface area contributed by atoms with Gasteiger partial charge in [-0.3, -0.25) is 4.79 Å². The summed E-state index contributed by atoms with van der Waals surface area (Å²) in [6.07, 6.45) is 11.1. The fourth-order valence-electron chi connectivity index (χ4n) is 3.50. The molecule has 4 nitrogen and oxygen atoms in total. The molecule has 0 aromatic carbocycles. The number of halogens is 1. The number of alkyl halides is 1. The van der Waals surface area contributed by atoms with Gasteiger partial charge >= 0.3 is 5.97 Å². The Bertz CT molecular complexity index is 556. The third kappa shape index (κ3) is 8.98. The zero-order valence-corrected chi connectivity index (χ0v) is 17.8. The lowest BCUT2D eigenvalue weighted by atomic mass is 9.91. The first kappa shape index (κ1) is 23.8. The van der Waals surface area contributed by atoms with Crippen LogP contribution in [0.1, 0.15) is 71.6 Å². The Morgan fingerprint density at radius 1 is 1.41 bits per heavy atom. The van der Waals surface area contributed by atoms with Crippen LogP contribution in [0.5, 0.6) is 0 Å². The van der Waals surface area contributed by atoms with Gasteiger partial charge in [-0.25, -0.2) is 0 Å². The van der Waals surface area contributed by atoms with Crippen molar-refractivity contribution in [3.05, 3.63) is 35.7 Å². The second-order valence-electron chi connectivity index (χ2n) is 7.77. The van der Waals surface area contributed by atoms with Crippen LogP contribution in [-0.4, -0.2) is 39.6 Å². The van der Waals surface area contributed by atoms with Gasteiger partial charge in [0.25, 0.3) is 0 Å². The molecular weight excluding hydrogens is 362 g/mol. The highest BCUT2D eigenvalue weighted by molar-refractivity contribution is 6.22. The number of carboxylic acids is 1. The van der Waals surface area contributed by atoms with Crippen molar-refractivity contribution in [2.45, 2.75) is 83.1 Å². The van der Waals surface area contributed by atoms with E-state index in [0.29, 0.717) is 12.8 Å². The maximum atomic E-state index is 10.8. The van der Waals surface area contributed by atoms with Crippen LogP contribution in [0.2, 0.25) is 0 Å². The largest absolute Gasteiger partial charge is 0.481 e. The summed E-state index contributed by atoms with van der Waals surface area (Å²) in [5, 5.41) is 19.3. The lowest BCUT2D eigenvalue weighted by Gasteiger charge is -2.31. The number of nitrogens with zero attached hydrogens (tertiary/aromatic N) is 1. The van der Waals surface area contributed by atoms with Crippen molar-refractivity contribution in [2.24, 2.45) is 5.92 Å². The Kier molecular flexibility index (Phi) is 10.8. The monoisotopic (exact) mass is 397 g/mol. The quantitative estimate of drug-likeness (QED) is 0.319. The zero-order chi connectivity index (χ0) is 20.4. The van der Waals surface area contributed by atoms with Crippen LogP contribution in [0, 0.1) is 5.92 Å². The SMILES string of the molecule is C=C(CCCCCC)N(C)C1=CC(Cl)CC=C1CC(O)CC(C)CC(=O)O. The molecule has 0 bridgehead atoms. The van der Waals surface area contributed by atoms with Gasteiger partial charge in [0.2, 0.25) is 0 Å². The van der Waals surface area contributed by atoms with Crippen molar-refractivity contribution >= 4 is 17.6 Å². The van der Waals surface area contributed by atoms with Gasteiger partial charge in [0.15, 0.2) is 0 Å². The fraction of sp³-hybridized carbons (Fsp3) is 0.682. The van der Waals surface area contributed by atoms with Crippen LogP contribution >= 0.6 is 11.6 Å². The lowest BCUT2D eigenvalue weighted by Crippen LogP contribution is -2.24. The van der Waals surface area contributed by atoms with Crippen LogP contribution in [0.3, 0.4) is 0 Å². The maximum Gasteiger partial charge on any atom is 0.303 e. The number of hydrogen-bond acceptors (Lipinski definition) is 3. The summed E-state index contributed by atoms with van der Waals surface area (Å²) in [7, 11) is 2.01. The highest BCUT2D eigenvalue weighted by Crippen LogP contribution is 2.31. The van der Waals surface area contributed by atoms with Gasteiger partial charge in [-0.1, -0.05) is 45.8 Å². The number of unbranched alkanes of at least 4 members (excludes halogenated alkanes) is 3. The van der Waals surface area contributed by atoms with E-state index in [9.17, 15) is 9.90 Å². The van der Waals surface area contributed by atoms with E-state index >= 15 is 0 Å². The summed E-state index contributed by atoms with van der Waals surface area (Å²) < 4.78 is 0. The van der Waals surface area contributed by atoms with Crippen molar-refractivity contribution in [2.75, 3.05) is 7.05 Å². The smallest absolute Gasteiger partial charge is 0.303 e.